The van der Waals surface area contributed by atoms with Gasteiger partial charge in [0.15, 0.2) is 18.1 Å². The fraction of sp³-hybridized carbons (Fsp3) is 0.150. The maximum Gasteiger partial charge on any atom is 0.341 e. The minimum Gasteiger partial charge on any atom is -0.493 e. The molecule has 1 fully saturated rings. The summed E-state index contributed by atoms with van der Waals surface area (Å²) in [4.78, 5) is 47.2. The number of methoxy groups -OCH3 is 1. The third-order valence-electron chi connectivity index (χ3n) is 4.25. The lowest BCUT2D eigenvalue weighted by atomic mass is 10.1. The first-order valence-electron chi connectivity index (χ1n) is 8.90. The summed E-state index contributed by atoms with van der Waals surface area (Å²) < 4.78 is 10.3. The highest BCUT2D eigenvalue weighted by Gasteiger charge is 2.35. The minimum absolute atomic E-state index is 0.0357. The van der Waals surface area contributed by atoms with Gasteiger partial charge in [0.25, 0.3) is 16.8 Å². The van der Waals surface area contributed by atoms with E-state index in [1.54, 1.807) is 0 Å². The summed E-state index contributed by atoms with van der Waals surface area (Å²) >= 11 is 6.91. The predicted molar refractivity (Wildman–Crippen MR) is 116 cm³/mol. The summed E-state index contributed by atoms with van der Waals surface area (Å²) in [6, 6.07) is 8.50. The molecule has 0 spiro atoms. The normalized spacial score (nSPS) is 14.7. The number of nitrogens with zero attached hydrogens (tertiary/aromatic N) is 2. The van der Waals surface area contributed by atoms with Crippen molar-refractivity contribution in [3.8, 4) is 11.5 Å². The molecule has 0 bridgehead atoms. The van der Waals surface area contributed by atoms with E-state index in [1.165, 1.54) is 49.6 Å². The van der Waals surface area contributed by atoms with Crippen LogP contribution in [0.25, 0.3) is 6.08 Å². The number of carbonyl (C=O) groups is 3. The molecule has 0 aromatic heterocycles. The van der Waals surface area contributed by atoms with Gasteiger partial charge in [0.2, 0.25) is 0 Å². The van der Waals surface area contributed by atoms with Crippen molar-refractivity contribution in [3.63, 3.8) is 0 Å². The van der Waals surface area contributed by atoms with Crippen molar-refractivity contribution >= 4 is 52.2 Å². The first-order chi connectivity index (χ1) is 15.2. The molecule has 2 amide bonds. The number of carbonyl (C=O) groups excluding carboxylic acids is 2. The maximum absolute atomic E-state index is 12.7. The fourth-order valence-corrected chi connectivity index (χ4v) is 3.90. The summed E-state index contributed by atoms with van der Waals surface area (Å²) in [5.74, 6) is -1.51. The number of aliphatic carboxylic acids is 1. The number of rotatable bonds is 8. The van der Waals surface area contributed by atoms with Crippen molar-refractivity contribution in [2.75, 3.05) is 13.7 Å². The molecule has 12 heteroatoms. The number of carboxylic acids is 1. The molecular formula is C20H15ClN2O8S. The Morgan fingerprint density at radius 3 is 2.56 bits per heavy atom. The lowest BCUT2D eigenvalue weighted by Gasteiger charge is -2.13. The zero-order valence-electron chi connectivity index (χ0n) is 16.4. The van der Waals surface area contributed by atoms with Crippen LogP contribution < -0.4 is 9.47 Å². The number of non-ortho nitro benzene ring substituents is 1. The number of hydrogen-bond donors (Lipinski definition) is 1. The molecule has 0 aliphatic carbocycles. The van der Waals surface area contributed by atoms with E-state index >= 15 is 0 Å². The molecule has 0 radical (unpaired) electrons. The largest absolute Gasteiger partial charge is 0.493 e. The second-order valence-corrected chi connectivity index (χ2v) is 7.81. The number of nitro benzene ring substituents is 1. The lowest BCUT2D eigenvalue weighted by Crippen LogP contribution is -2.27. The van der Waals surface area contributed by atoms with Crippen LogP contribution >= 0.6 is 23.4 Å². The van der Waals surface area contributed by atoms with Crippen LogP contribution in [0.2, 0.25) is 5.02 Å². The lowest BCUT2D eigenvalue weighted by molar-refractivity contribution is -0.384. The molecule has 1 heterocycles. The van der Waals surface area contributed by atoms with Gasteiger partial charge in [0.05, 0.1) is 28.5 Å². The molecule has 0 atom stereocenters. The molecule has 0 unspecified atom stereocenters. The van der Waals surface area contributed by atoms with E-state index in [0.29, 0.717) is 11.1 Å². The summed E-state index contributed by atoms with van der Waals surface area (Å²) in [5, 5.41) is 19.1. The van der Waals surface area contributed by atoms with Crippen molar-refractivity contribution < 1.29 is 33.9 Å². The first kappa shape index (κ1) is 23.1. The zero-order valence-corrected chi connectivity index (χ0v) is 18.0. The van der Waals surface area contributed by atoms with Crippen molar-refractivity contribution in [2.24, 2.45) is 0 Å². The van der Waals surface area contributed by atoms with Gasteiger partial charge in [-0.3, -0.25) is 24.6 Å². The highest BCUT2D eigenvalue weighted by atomic mass is 35.5. The maximum atomic E-state index is 12.7. The summed E-state index contributed by atoms with van der Waals surface area (Å²) in [6.07, 6.45) is 1.45. The Morgan fingerprint density at radius 1 is 1.28 bits per heavy atom. The Morgan fingerprint density at radius 2 is 1.97 bits per heavy atom. The second kappa shape index (κ2) is 9.71. The first-order valence-corrected chi connectivity index (χ1v) is 10.1. The average Bonchev–Trinajstić information content (AvgIpc) is 3.00. The van der Waals surface area contributed by atoms with Crippen molar-refractivity contribution in [3.05, 3.63) is 67.6 Å². The predicted octanol–water partition coefficient (Wildman–Crippen LogP) is 3.96. The Hall–Kier alpha value is -3.57. The molecular weight excluding hydrogens is 464 g/mol. The molecule has 0 saturated carbocycles. The second-order valence-electron chi connectivity index (χ2n) is 6.41. The van der Waals surface area contributed by atoms with Gasteiger partial charge >= 0.3 is 5.97 Å². The molecule has 1 aliphatic heterocycles. The molecule has 1 aliphatic rings. The Balaban J connectivity index is 1.81. The average molecular weight is 479 g/mol. The molecule has 166 valence electrons. The Labute approximate surface area is 190 Å². The van der Waals surface area contributed by atoms with E-state index in [9.17, 15) is 24.5 Å². The number of carboxylic acid groups (broad SMARTS) is 1. The summed E-state index contributed by atoms with van der Waals surface area (Å²) in [5.41, 5.74) is 0.906. The molecule has 2 aromatic rings. The van der Waals surface area contributed by atoms with Crippen LogP contribution in [0.3, 0.4) is 0 Å². The van der Waals surface area contributed by atoms with Crippen molar-refractivity contribution in [1.29, 1.82) is 0 Å². The summed E-state index contributed by atoms with van der Waals surface area (Å²) in [7, 11) is 1.35. The SMILES string of the molecule is COc1cc(/C=C2\SC(=O)N(Cc3ccc([N+](=O)[O-])cc3)C2=O)cc(Cl)c1OCC(=O)O. The zero-order chi connectivity index (χ0) is 23.4. The van der Waals surface area contributed by atoms with E-state index in [0.717, 1.165) is 16.7 Å². The van der Waals surface area contributed by atoms with Gasteiger partial charge in [0.1, 0.15) is 0 Å². The number of ether oxygens (including phenoxy) is 2. The van der Waals surface area contributed by atoms with Gasteiger partial charge in [-0.05, 0) is 41.1 Å². The van der Waals surface area contributed by atoms with Gasteiger partial charge in [-0.25, -0.2) is 4.79 Å². The van der Waals surface area contributed by atoms with Crippen LogP contribution in [0.1, 0.15) is 11.1 Å². The number of hydrogen-bond acceptors (Lipinski definition) is 8. The van der Waals surface area contributed by atoms with E-state index in [-0.39, 0.29) is 33.7 Å². The molecule has 3 rings (SSSR count). The number of thioether (sulfide) groups is 1. The monoisotopic (exact) mass is 478 g/mol. The van der Waals surface area contributed by atoms with E-state index < -0.39 is 28.6 Å². The van der Waals surface area contributed by atoms with Crippen LogP contribution in [-0.4, -0.2) is 45.8 Å². The third-order valence-corrected chi connectivity index (χ3v) is 5.44. The van der Waals surface area contributed by atoms with Crippen LogP contribution in [0.5, 0.6) is 11.5 Å². The highest BCUT2D eigenvalue weighted by Crippen LogP contribution is 2.39. The number of amides is 2. The van der Waals surface area contributed by atoms with Crippen LogP contribution in [0.15, 0.2) is 41.3 Å². The Bertz CT molecular complexity index is 1130. The number of halogens is 1. The third kappa shape index (κ3) is 5.18. The van der Waals surface area contributed by atoms with Gasteiger partial charge in [-0.2, -0.15) is 0 Å². The minimum atomic E-state index is -1.19. The highest BCUT2D eigenvalue weighted by molar-refractivity contribution is 8.18. The molecule has 2 aromatic carbocycles. The molecule has 1 saturated heterocycles. The smallest absolute Gasteiger partial charge is 0.341 e. The molecule has 32 heavy (non-hydrogen) atoms. The van der Waals surface area contributed by atoms with Gasteiger partial charge in [-0.15, -0.1) is 0 Å². The van der Waals surface area contributed by atoms with Crippen molar-refractivity contribution in [2.45, 2.75) is 6.54 Å². The van der Waals surface area contributed by atoms with Crippen LogP contribution in [0, 0.1) is 10.1 Å². The quantitative estimate of drug-likeness (QED) is 0.339. The number of benzene rings is 2. The number of nitro groups is 1. The van der Waals surface area contributed by atoms with Gasteiger partial charge in [0, 0.05) is 12.1 Å². The van der Waals surface area contributed by atoms with Crippen LogP contribution in [-0.2, 0) is 16.1 Å². The molecule has 10 nitrogen and oxygen atoms in total. The van der Waals surface area contributed by atoms with E-state index in [1.807, 2.05) is 0 Å². The van der Waals surface area contributed by atoms with Gasteiger partial charge in [-0.1, -0.05) is 23.7 Å². The van der Waals surface area contributed by atoms with Gasteiger partial charge < -0.3 is 14.6 Å². The van der Waals surface area contributed by atoms with Crippen LogP contribution in [0.4, 0.5) is 10.5 Å². The Kier molecular flexibility index (Phi) is 7.01. The fourth-order valence-electron chi connectivity index (χ4n) is 2.79. The standard InChI is InChI=1S/C20H15ClN2O8S/c1-30-15-7-12(6-14(21)18(15)31-10-17(24)25)8-16-19(26)22(20(27)32-16)9-11-2-4-13(5-3-11)23(28)29/h2-8H,9-10H2,1H3,(H,24,25)/b16-8-. The van der Waals surface area contributed by atoms with E-state index in [2.05, 4.69) is 0 Å². The topological polar surface area (TPSA) is 136 Å². The number of imide groups is 1. The molecule has 1 N–H and O–H groups in total. The summed E-state index contributed by atoms with van der Waals surface area (Å²) in [6.45, 7) is -0.650. The van der Waals surface area contributed by atoms with Crippen molar-refractivity contribution in [1.82, 2.24) is 4.90 Å². The van der Waals surface area contributed by atoms with E-state index in [4.69, 9.17) is 26.2 Å².